The van der Waals surface area contributed by atoms with E-state index in [1.165, 1.54) is 97.0 Å². The molecule has 8 aromatic carbocycles. The van der Waals surface area contributed by atoms with Crippen LogP contribution < -0.4 is 0 Å². The van der Waals surface area contributed by atoms with Gasteiger partial charge in [-0.1, -0.05) is 109 Å². The predicted octanol–water partition coefficient (Wildman–Crippen LogP) is 13.3. The summed E-state index contributed by atoms with van der Waals surface area (Å²) in [6.07, 6.45) is 0. The predicted molar refractivity (Wildman–Crippen MR) is 222 cm³/mol. The van der Waals surface area contributed by atoms with Gasteiger partial charge in [0.1, 0.15) is 0 Å². The first-order valence-electron chi connectivity index (χ1n) is 17.8. The van der Waals surface area contributed by atoms with Crippen molar-refractivity contribution in [2.24, 2.45) is 0 Å². The van der Waals surface area contributed by atoms with Gasteiger partial charge in [-0.05, 0) is 66.7 Å². The van der Waals surface area contributed by atoms with Gasteiger partial charge in [-0.3, -0.25) is 0 Å². The van der Waals surface area contributed by atoms with Crippen LogP contribution in [0.1, 0.15) is 0 Å². The van der Waals surface area contributed by atoms with Gasteiger partial charge >= 0.3 is 0 Å². The summed E-state index contributed by atoms with van der Waals surface area (Å²) in [7, 11) is 0. The third-order valence-electron chi connectivity index (χ3n) is 11.0. The van der Waals surface area contributed by atoms with Crippen LogP contribution in [0.5, 0.6) is 0 Å². The highest BCUT2D eigenvalue weighted by Crippen LogP contribution is 2.43. The third kappa shape index (κ3) is 3.74. The lowest BCUT2D eigenvalue weighted by atomic mass is 10.1. The van der Waals surface area contributed by atoms with Gasteiger partial charge in [0.05, 0.1) is 43.5 Å². The fraction of sp³-hybridized carbons (Fsp3) is 0. The molecule has 0 amide bonds. The van der Waals surface area contributed by atoms with Gasteiger partial charge in [0.2, 0.25) is 0 Å². The number of fused-ring (bicyclic) bond motifs is 12. The van der Waals surface area contributed by atoms with Gasteiger partial charge in [0, 0.05) is 59.2 Å². The normalized spacial score (nSPS) is 12.2. The first-order chi connectivity index (χ1) is 25.8. The SMILES string of the molecule is c1cc(-n2c3ccccc3c3ccccc32)c2sc3ccc(-n4c5ccccc5c5ccc(-n6c7ccccc7c7ccccc76)cc54)cc3c2c1. The molecule has 4 aromatic heterocycles. The molecule has 0 N–H and O–H groups in total. The Bertz CT molecular complexity index is 3320. The van der Waals surface area contributed by atoms with Crippen molar-refractivity contribution in [3.05, 3.63) is 176 Å². The maximum atomic E-state index is 2.46. The smallest absolute Gasteiger partial charge is 0.0640 e. The highest BCUT2D eigenvalue weighted by atomic mass is 32.1. The average Bonchev–Trinajstić information content (AvgIpc) is 3.94. The Morgan fingerprint density at radius 2 is 0.712 bits per heavy atom. The molecule has 4 heterocycles. The number of hydrogen-bond acceptors (Lipinski definition) is 1. The third-order valence-corrected chi connectivity index (χ3v) is 12.2. The summed E-state index contributed by atoms with van der Waals surface area (Å²) in [5.74, 6) is 0. The number of thiophene rings is 1. The molecular formula is C48H29N3S. The Labute approximate surface area is 302 Å². The highest BCUT2D eigenvalue weighted by Gasteiger charge is 2.19. The van der Waals surface area contributed by atoms with Crippen molar-refractivity contribution in [1.82, 2.24) is 13.7 Å². The molecule has 0 saturated carbocycles. The zero-order chi connectivity index (χ0) is 33.9. The molecule has 12 aromatic rings. The highest BCUT2D eigenvalue weighted by molar-refractivity contribution is 7.26. The molecule has 12 rings (SSSR count). The van der Waals surface area contributed by atoms with E-state index in [2.05, 4.69) is 190 Å². The van der Waals surface area contributed by atoms with Crippen molar-refractivity contribution >= 4 is 96.9 Å². The van der Waals surface area contributed by atoms with Crippen LogP contribution in [0.2, 0.25) is 0 Å². The molecule has 3 nitrogen and oxygen atoms in total. The van der Waals surface area contributed by atoms with Crippen LogP contribution >= 0.6 is 11.3 Å². The van der Waals surface area contributed by atoms with Crippen molar-refractivity contribution in [3.8, 4) is 17.1 Å². The minimum atomic E-state index is 1.16. The maximum Gasteiger partial charge on any atom is 0.0640 e. The molecule has 0 fully saturated rings. The summed E-state index contributed by atoms with van der Waals surface area (Å²) < 4.78 is 9.92. The summed E-state index contributed by atoms with van der Waals surface area (Å²) in [5.41, 5.74) is 10.9. The van der Waals surface area contributed by atoms with Gasteiger partial charge in [0.15, 0.2) is 0 Å². The molecule has 0 aliphatic heterocycles. The molecule has 0 bridgehead atoms. The molecule has 242 valence electrons. The first-order valence-corrected chi connectivity index (χ1v) is 18.6. The van der Waals surface area contributed by atoms with E-state index in [0.717, 1.165) is 5.69 Å². The fourth-order valence-corrected chi connectivity index (χ4v) is 10.0. The van der Waals surface area contributed by atoms with Gasteiger partial charge in [-0.15, -0.1) is 11.3 Å². The van der Waals surface area contributed by atoms with E-state index in [4.69, 9.17) is 0 Å². The molecule has 4 heteroatoms. The number of para-hydroxylation sites is 5. The molecule has 0 saturated heterocycles. The Morgan fingerprint density at radius 1 is 0.288 bits per heavy atom. The Kier molecular flexibility index (Phi) is 5.65. The van der Waals surface area contributed by atoms with Crippen molar-refractivity contribution < 1.29 is 0 Å². The molecular weight excluding hydrogens is 651 g/mol. The second-order valence-electron chi connectivity index (χ2n) is 13.7. The summed E-state index contributed by atoms with van der Waals surface area (Å²) in [4.78, 5) is 0. The lowest BCUT2D eigenvalue weighted by Gasteiger charge is -2.11. The maximum absolute atomic E-state index is 2.46. The molecule has 0 aliphatic rings. The minimum Gasteiger partial charge on any atom is -0.309 e. The van der Waals surface area contributed by atoms with Crippen molar-refractivity contribution in [2.75, 3.05) is 0 Å². The molecule has 0 radical (unpaired) electrons. The summed E-state index contributed by atoms with van der Waals surface area (Å²) in [6, 6.07) is 64.6. The van der Waals surface area contributed by atoms with Gasteiger partial charge in [0.25, 0.3) is 0 Å². The number of benzene rings is 8. The average molecular weight is 680 g/mol. The molecule has 0 aliphatic carbocycles. The number of rotatable bonds is 3. The second kappa shape index (κ2) is 10.5. The Hall–Kier alpha value is -6.62. The van der Waals surface area contributed by atoms with Crippen LogP contribution in [0.4, 0.5) is 0 Å². The standard InChI is InChI=1S/C48H29N3S/c1-6-18-40-32(12-1)33-13-2-7-19-41(33)49(40)31-24-26-37-36-16-3-8-20-42(36)50(46(37)29-31)30-25-27-47-39(28-30)38-17-11-23-45(48(38)52-47)51-43-21-9-4-14-34(43)35-15-5-10-22-44(35)51/h1-29H. The number of hydrogen-bond donors (Lipinski definition) is 0. The van der Waals surface area contributed by atoms with Gasteiger partial charge in [-0.2, -0.15) is 0 Å². The molecule has 0 atom stereocenters. The summed E-state index contributed by atoms with van der Waals surface area (Å²) in [5, 5.41) is 10.2. The summed E-state index contributed by atoms with van der Waals surface area (Å²) in [6.45, 7) is 0. The van der Waals surface area contributed by atoms with E-state index in [1.807, 2.05) is 11.3 Å². The van der Waals surface area contributed by atoms with Crippen LogP contribution in [0, 0.1) is 0 Å². The van der Waals surface area contributed by atoms with E-state index < -0.39 is 0 Å². The van der Waals surface area contributed by atoms with Crippen LogP contribution in [0.15, 0.2) is 176 Å². The zero-order valence-corrected chi connectivity index (χ0v) is 28.8. The topological polar surface area (TPSA) is 14.8 Å². The van der Waals surface area contributed by atoms with Crippen molar-refractivity contribution in [3.63, 3.8) is 0 Å². The van der Waals surface area contributed by atoms with Gasteiger partial charge in [-0.25, -0.2) is 0 Å². The summed E-state index contributed by atoms with van der Waals surface area (Å²) >= 11 is 1.89. The van der Waals surface area contributed by atoms with Crippen molar-refractivity contribution in [2.45, 2.75) is 0 Å². The quantitative estimate of drug-likeness (QED) is 0.177. The van der Waals surface area contributed by atoms with Crippen LogP contribution in [0.25, 0.3) is 103 Å². The number of aromatic nitrogens is 3. The van der Waals surface area contributed by atoms with E-state index >= 15 is 0 Å². The monoisotopic (exact) mass is 679 g/mol. The number of nitrogens with zero attached hydrogens (tertiary/aromatic N) is 3. The van der Waals surface area contributed by atoms with E-state index in [1.54, 1.807) is 0 Å². The second-order valence-corrected chi connectivity index (χ2v) is 14.8. The Morgan fingerprint density at radius 3 is 1.27 bits per heavy atom. The zero-order valence-electron chi connectivity index (χ0n) is 28.0. The van der Waals surface area contributed by atoms with Crippen LogP contribution in [-0.4, -0.2) is 13.7 Å². The lowest BCUT2D eigenvalue weighted by Crippen LogP contribution is -1.97. The minimum absolute atomic E-state index is 1.16. The van der Waals surface area contributed by atoms with Gasteiger partial charge < -0.3 is 13.7 Å². The first kappa shape index (κ1) is 28.1. The van der Waals surface area contributed by atoms with Crippen molar-refractivity contribution in [1.29, 1.82) is 0 Å². The van der Waals surface area contributed by atoms with E-state index in [9.17, 15) is 0 Å². The fourth-order valence-electron chi connectivity index (χ4n) is 8.85. The van der Waals surface area contributed by atoms with E-state index in [0.29, 0.717) is 0 Å². The molecule has 0 spiro atoms. The molecule has 0 unspecified atom stereocenters. The van der Waals surface area contributed by atoms with Crippen LogP contribution in [0.3, 0.4) is 0 Å². The van der Waals surface area contributed by atoms with E-state index in [-0.39, 0.29) is 0 Å². The van der Waals surface area contributed by atoms with Crippen LogP contribution in [-0.2, 0) is 0 Å². The Balaban J connectivity index is 1.11. The largest absolute Gasteiger partial charge is 0.309 e. The lowest BCUT2D eigenvalue weighted by molar-refractivity contribution is 1.16. The molecule has 52 heavy (non-hydrogen) atoms.